The first-order valence-electron chi connectivity index (χ1n) is 10.4. The summed E-state index contributed by atoms with van der Waals surface area (Å²) >= 11 is 0. The highest BCUT2D eigenvalue weighted by molar-refractivity contribution is 5.98. The third-order valence-corrected chi connectivity index (χ3v) is 6.26. The third kappa shape index (κ3) is 4.06. The predicted octanol–water partition coefficient (Wildman–Crippen LogP) is 4.85. The van der Waals surface area contributed by atoms with Crippen LogP contribution in [-0.4, -0.2) is 36.0 Å². The van der Waals surface area contributed by atoms with Crippen molar-refractivity contribution < 1.29 is 9.53 Å². The van der Waals surface area contributed by atoms with E-state index in [0.29, 0.717) is 17.9 Å². The molecule has 0 aliphatic carbocycles. The largest absolute Gasteiger partial charge is 0.378 e. The molecule has 3 heteroatoms. The molecule has 2 unspecified atom stereocenters. The molecule has 0 radical (unpaired) electrons. The topological polar surface area (TPSA) is 29.5 Å². The molecule has 0 spiro atoms. The van der Waals surface area contributed by atoms with Crippen LogP contribution in [0.25, 0.3) is 0 Å². The zero-order valence-corrected chi connectivity index (χ0v) is 17.2. The quantitative estimate of drug-likeness (QED) is 0.714. The van der Waals surface area contributed by atoms with E-state index >= 15 is 0 Å². The number of ketones is 1. The number of ether oxygens (including phenoxy) is 1. The lowest BCUT2D eigenvalue weighted by atomic mass is 9.79. The van der Waals surface area contributed by atoms with Gasteiger partial charge in [0.25, 0.3) is 0 Å². The maximum absolute atomic E-state index is 13.3. The average molecular weight is 378 g/mol. The summed E-state index contributed by atoms with van der Waals surface area (Å²) in [7, 11) is 0. The van der Waals surface area contributed by atoms with Gasteiger partial charge in [-0.2, -0.15) is 0 Å². The van der Waals surface area contributed by atoms with Crippen molar-refractivity contribution in [2.75, 3.05) is 13.2 Å². The van der Waals surface area contributed by atoms with Crippen molar-refractivity contribution in [1.82, 2.24) is 4.90 Å². The standard InChI is InChI=1S/C25H31NO2/c1-25(2,3)21-11-7-10-19(12-21)24(27)20-13-22-16-28-17-23(14-20)26(22)15-18-8-5-4-6-9-18/h4-12,20,22-23H,13-17H2,1-3H3. The molecule has 0 N–H and O–H groups in total. The lowest BCUT2D eigenvalue weighted by molar-refractivity contribution is -0.0872. The van der Waals surface area contributed by atoms with Crippen LogP contribution in [0.3, 0.4) is 0 Å². The Hall–Kier alpha value is -1.97. The zero-order valence-electron chi connectivity index (χ0n) is 17.2. The number of carbonyl (C=O) groups excluding carboxylic acids is 1. The maximum atomic E-state index is 13.3. The summed E-state index contributed by atoms with van der Waals surface area (Å²) in [5.41, 5.74) is 3.48. The van der Waals surface area contributed by atoms with Crippen molar-refractivity contribution >= 4 is 5.78 Å². The Labute approximate surface area is 168 Å². The molecule has 28 heavy (non-hydrogen) atoms. The average Bonchev–Trinajstić information content (AvgIpc) is 2.67. The van der Waals surface area contributed by atoms with E-state index in [9.17, 15) is 4.79 Å². The van der Waals surface area contributed by atoms with Crippen LogP contribution < -0.4 is 0 Å². The molecule has 2 atom stereocenters. The van der Waals surface area contributed by atoms with E-state index in [2.05, 4.69) is 68.1 Å². The van der Waals surface area contributed by atoms with E-state index in [4.69, 9.17) is 4.74 Å². The van der Waals surface area contributed by atoms with Crippen molar-refractivity contribution in [2.45, 2.75) is 57.7 Å². The second kappa shape index (κ2) is 7.81. The highest BCUT2D eigenvalue weighted by atomic mass is 16.5. The van der Waals surface area contributed by atoms with Crippen molar-refractivity contribution in [3.63, 3.8) is 0 Å². The first-order valence-corrected chi connectivity index (χ1v) is 10.4. The molecule has 4 rings (SSSR count). The van der Waals surface area contributed by atoms with Crippen molar-refractivity contribution in [2.24, 2.45) is 5.92 Å². The highest BCUT2D eigenvalue weighted by Crippen LogP contribution is 2.35. The van der Waals surface area contributed by atoms with Crippen LogP contribution in [0.1, 0.15) is 55.1 Å². The van der Waals surface area contributed by atoms with E-state index in [1.165, 1.54) is 11.1 Å². The number of hydrogen-bond donors (Lipinski definition) is 0. The smallest absolute Gasteiger partial charge is 0.166 e. The molecule has 2 aromatic rings. The summed E-state index contributed by atoms with van der Waals surface area (Å²) in [5.74, 6) is 0.406. The normalized spacial score (nSPS) is 25.5. The lowest BCUT2D eigenvalue weighted by Crippen LogP contribution is -2.57. The van der Waals surface area contributed by atoms with Gasteiger partial charge in [-0.25, -0.2) is 0 Å². The number of Topliss-reactive ketones (excluding diaryl/α,β-unsaturated/α-hetero) is 1. The Bertz CT molecular complexity index is 810. The fraction of sp³-hybridized carbons (Fsp3) is 0.480. The fourth-order valence-corrected chi connectivity index (χ4v) is 4.63. The summed E-state index contributed by atoms with van der Waals surface area (Å²) in [6, 6.07) is 19.5. The predicted molar refractivity (Wildman–Crippen MR) is 113 cm³/mol. The maximum Gasteiger partial charge on any atom is 0.166 e. The molecule has 148 valence electrons. The molecule has 2 bridgehead atoms. The van der Waals surface area contributed by atoms with E-state index in [1.54, 1.807) is 0 Å². The van der Waals surface area contributed by atoms with E-state index < -0.39 is 0 Å². The van der Waals surface area contributed by atoms with E-state index in [-0.39, 0.29) is 11.3 Å². The minimum Gasteiger partial charge on any atom is -0.378 e. The monoisotopic (exact) mass is 377 g/mol. The molecule has 0 saturated carbocycles. The van der Waals surface area contributed by atoms with Crippen molar-refractivity contribution in [3.8, 4) is 0 Å². The number of benzene rings is 2. The van der Waals surface area contributed by atoms with Crippen LogP contribution in [-0.2, 0) is 16.7 Å². The highest BCUT2D eigenvalue weighted by Gasteiger charge is 2.41. The van der Waals surface area contributed by atoms with Gasteiger partial charge in [0.15, 0.2) is 5.78 Å². The first-order chi connectivity index (χ1) is 13.4. The van der Waals surface area contributed by atoms with Gasteiger partial charge in [-0.1, -0.05) is 69.3 Å². The molecular formula is C25H31NO2. The number of hydrogen-bond acceptors (Lipinski definition) is 3. The fourth-order valence-electron chi connectivity index (χ4n) is 4.63. The number of morpholine rings is 1. The summed E-state index contributed by atoms with van der Waals surface area (Å²) in [4.78, 5) is 15.9. The van der Waals surface area contributed by atoms with Gasteiger partial charge in [0.1, 0.15) is 0 Å². The van der Waals surface area contributed by atoms with Crippen LogP contribution in [0, 0.1) is 5.92 Å². The number of piperidine rings is 1. The van der Waals surface area contributed by atoms with Gasteiger partial charge in [0, 0.05) is 30.1 Å². The van der Waals surface area contributed by atoms with Crippen LogP contribution in [0.5, 0.6) is 0 Å². The lowest BCUT2D eigenvalue weighted by Gasteiger charge is -2.48. The zero-order chi connectivity index (χ0) is 19.7. The van der Waals surface area contributed by atoms with Crippen LogP contribution >= 0.6 is 0 Å². The van der Waals surface area contributed by atoms with Gasteiger partial charge in [-0.15, -0.1) is 0 Å². The van der Waals surface area contributed by atoms with Gasteiger partial charge in [-0.05, 0) is 35.4 Å². The first kappa shape index (κ1) is 19.4. The van der Waals surface area contributed by atoms with Crippen LogP contribution in [0.15, 0.2) is 54.6 Å². The molecule has 2 aliphatic heterocycles. The summed E-state index contributed by atoms with van der Waals surface area (Å²) < 4.78 is 5.85. The molecular weight excluding hydrogens is 346 g/mol. The minimum absolute atomic E-state index is 0.0552. The Kier molecular flexibility index (Phi) is 5.39. The molecule has 2 aromatic carbocycles. The SMILES string of the molecule is CC(C)(C)c1cccc(C(=O)C2CC3COCC(C2)N3Cc2ccccc2)c1. The molecule has 2 aliphatic rings. The van der Waals surface area contributed by atoms with Crippen molar-refractivity contribution in [3.05, 3.63) is 71.3 Å². The van der Waals surface area contributed by atoms with Crippen molar-refractivity contribution in [1.29, 1.82) is 0 Å². The second-order valence-electron chi connectivity index (χ2n) is 9.37. The van der Waals surface area contributed by atoms with E-state index in [0.717, 1.165) is 38.2 Å². The molecule has 0 amide bonds. The van der Waals surface area contributed by atoms with Crippen LogP contribution in [0.2, 0.25) is 0 Å². The molecule has 0 aromatic heterocycles. The molecule has 3 nitrogen and oxygen atoms in total. The Morgan fingerprint density at radius 3 is 2.32 bits per heavy atom. The van der Waals surface area contributed by atoms with Gasteiger partial charge in [0.05, 0.1) is 13.2 Å². The molecule has 2 heterocycles. The Balaban J connectivity index is 1.50. The number of nitrogens with zero attached hydrogens (tertiary/aromatic N) is 1. The van der Waals surface area contributed by atoms with Gasteiger partial charge >= 0.3 is 0 Å². The molecule has 2 fully saturated rings. The third-order valence-electron chi connectivity index (χ3n) is 6.26. The number of carbonyl (C=O) groups is 1. The van der Waals surface area contributed by atoms with Gasteiger partial charge < -0.3 is 4.74 Å². The summed E-state index contributed by atoms with van der Waals surface area (Å²) in [6.45, 7) is 8.99. The second-order valence-corrected chi connectivity index (χ2v) is 9.37. The number of fused-ring (bicyclic) bond motifs is 2. The van der Waals surface area contributed by atoms with Gasteiger partial charge in [0.2, 0.25) is 0 Å². The van der Waals surface area contributed by atoms with E-state index in [1.807, 2.05) is 12.1 Å². The van der Waals surface area contributed by atoms with Crippen LogP contribution in [0.4, 0.5) is 0 Å². The summed E-state index contributed by atoms with van der Waals surface area (Å²) in [6.07, 6.45) is 1.78. The Morgan fingerprint density at radius 1 is 1.00 bits per heavy atom. The number of rotatable bonds is 4. The molecule has 2 saturated heterocycles. The van der Waals surface area contributed by atoms with Gasteiger partial charge in [-0.3, -0.25) is 9.69 Å². The summed E-state index contributed by atoms with van der Waals surface area (Å²) in [5, 5.41) is 0. The Morgan fingerprint density at radius 2 is 1.68 bits per heavy atom. The minimum atomic E-state index is 0.0552.